The number of fused-ring (bicyclic) bond motifs is 1. The largest absolute Gasteiger partial charge is 0.431 e. The Labute approximate surface area is 332 Å². The topological polar surface area (TPSA) is 161 Å². The van der Waals surface area contributed by atoms with Gasteiger partial charge in [-0.2, -0.15) is 18.3 Å². The van der Waals surface area contributed by atoms with E-state index in [1.807, 2.05) is 0 Å². The summed E-state index contributed by atoms with van der Waals surface area (Å²) in [6.45, 7) is 7.06. The van der Waals surface area contributed by atoms with Crippen molar-refractivity contribution in [1.82, 2.24) is 24.9 Å². The van der Waals surface area contributed by atoms with E-state index in [-0.39, 0.29) is 55.5 Å². The van der Waals surface area contributed by atoms with Gasteiger partial charge in [-0.3, -0.25) is 33.8 Å². The molecule has 1 aliphatic carbocycles. The summed E-state index contributed by atoms with van der Waals surface area (Å²) >= 11 is 0. The number of benzene rings is 1. The first kappa shape index (κ1) is 45.2. The SMILES string of the molecule is CC(C)C(N)C(=O)C1(C(=O)NC(C(=O)N2CCCC2N(C=O)C(CC(=O)N2C=CN3C(=C2)N=NC3C(F)(F)F)Cc2cc(F)c(F)cc2F)C(C)C)CCCC1.Cl. The van der Waals surface area contributed by atoms with Crippen molar-refractivity contribution in [1.29, 1.82) is 0 Å². The van der Waals surface area contributed by atoms with Crippen LogP contribution < -0.4 is 11.1 Å². The molecule has 3 N–H and O–H groups in total. The van der Waals surface area contributed by atoms with Gasteiger partial charge in [-0.15, -0.1) is 17.5 Å². The molecule has 0 bridgehead atoms. The van der Waals surface area contributed by atoms with Gasteiger partial charge in [0.15, 0.2) is 23.2 Å². The van der Waals surface area contributed by atoms with Gasteiger partial charge in [-0.1, -0.05) is 40.5 Å². The molecule has 314 valence electrons. The Balaban J connectivity index is 0.00000720. The molecule has 1 aromatic rings. The summed E-state index contributed by atoms with van der Waals surface area (Å²) in [6, 6.07) is -2.45. The van der Waals surface area contributed by atoms with E-state index in [9.17, 15) is 45.9 Å². The van der Waals surface area contributed by atoms with E-state index in [0.717, 1.165) is 28.4 Å². The molecule has 5 atom stereocenters. The number of ketones is 1. The van der Waals surface area contributed by atoms with Crippen LogP contribution in [-0.2, 0) is 30.4 Å². The van der Waals surface area contributed by atoms with Crippen molar-refractivity contribution in [2.75, 3.05) is 6.54 Å². The van der Waals surface area contributed by atoms with E-state index in [4.69, 9.17) is 5.73 Å². The number of alkyl halides is 3. The Hall–Kier alpha value is -4.52. The van der Waals surface area contributed by atoms with Crippen LogP contribution in [0.3, 0.4) is 0 Å². The van der Waals surface area contributed by atoms with Crippen LogP contribution in [0.2, 0.25) is 0 Å². The first-order valence-corrected chi connectivity index (χ1v) is 18.6. The number of nitrogens with one attached hydrogen (secondary N) is 1. The van der Waals surface area contributed by atoms with Crippen molar-refractivity contribution in [3.8, 4) is 0 Å². The van der Waals surface area contributed by atoms with E-state index in [2.05, 4.69) is 15.5 Å². The predicted octanol–water partition coefficient (Wildman–Crippen LogP) is 5.26. The van der Waals surface area contributed by atoms with Crippen molar-refractivity contribution in [3.63, 3.8) is 0 Å². The summed E-state index contributed by atoms with van der Waals surface area (Å²) in [4.78, 5) is 72.8. The fraction of sp³-hybridized carbons (Fsp3) is 0.595. The quantitative estimate of drug-likeness (QED) is 0.112. The lowest BCUT2D eigenvalue weighted by Gasteiger charge is -2.40. The zero-order valence-corrected chi connectivity index (χ0v) is 32.7. The van der Waals surface area contributed by atoms with Crippen molar-refractivity contribution in [3.05, 3.63) is 59.6 Å². The molecule has 0 radical (unpaired) electrons. The Morgan fingerprint density at radius 3 is 2.25 bits per heavy atom. The second-order valence-electron chi connectivity index (χ2n) is 15.4. The number of rotatable bonds is 14. The molecule has 1 saturated carbocycles. The molecule has 5 rings (SSSR count). The smallest absolute Gasteiger partial charge is 0.343 e. The molecule has 57 heavy (non-hydrogen) atoms. The van der Waals surface area contributed by atoms with E-state index < -0.39 is 102 Å². The zero-order chi connectivity index (χ0) is 41.3. The maximum absolute atomic E-state index is 15.1. The number of nitrogens with zero attached hydrogens (tertiary/aromatic N) is 6. The van der Waals surface area contributed by atoms with Crippen LogP contribution in [0.15, 0.2) is 46.8 Å². The Morgan fingerprint density at radius 2 is 1.65 bits per heavy atom. The van der Waals surface area contributed by atoms with E-state index in [1.54, 1.807) is 27.7 Å². The summed E-state index contributed by atoms with van der Waals surface area (Å²) in [6.07, 6.45) is -3.63. The second-order valence-corrected chi connectivity index (χ2v) is 15.4. The lowest BCUT2D eigenvalue weighted by molar-refractivity contribution is -0.168. The van der Waals surface area contributed by atoms with Gasteiger partial charge in [0, 0.05) is 37.5 Å². The summed E-state index contributed by atoms with van der Waals surface area (Å²) < 4.78 is 83.6. The molecule has 3 aliphatic heterocycles. The van der Waals surface area contributed by atoms with Crippen molar-refractivity contribution < 1.29 is 50.3 Å². The number of Topliss-reactive ketones (excluding diaryl/α,β-unsaturated/α-hetero) is 1. The van der Waals surface area contributed by atoms with Crippen LogP contribution in [-0.4, -0.2) is 92.7 Å². The average molecular weight is 833 g/mol. The van der Waals surface area contributed by atoms with Gasteiger partial charge in [0.05, 0.1) is 12.2 Å². The standard InChI is InChI=1S/C37H46F6N8O5.ClH/c1-20(2)30(44)32(54)36(9-5-6-10-36)35(56)45-31(21(3)4)33(55)50-11-7-8-28(50)51(19-52)23(14-22-15-25(39)26(40)17-24(22)38)16-29(53)48-12-13-49-27(18-48)46-47-34(49)37(41,42)43;/h12-13,15,17-21,23,28,30-31,34H,5-11,14,16,44H2,1-4H3,(H,45,56);1H. The number of hydrogen-bond donors (Lipinski definition) is 2. The average Bonchev–Trinajstić information content (AvgIpc) is 3.92. The summed E-state index contributed by atoms with van der Waals surface area (Å²) in [5.74, 6) is -7.46. The molecule has 1 aromatic carbocycles. The fourth-order valence-corrected chi connectivity index (χ4v) is 7.72. The summed E-state index contributed by atoms with van der Waals surface area (Å²) in [7, 11) is 0. The highest BCUT2D eigenvalue weighted by Crippen LogP contribution is 2.41. The van der Waals surface area contributed by atoms with Crippen molar-refractivity contribution >= 4 is 42.3 Å². The first-order chi connectivity index (χ1) is 26.3. The maximum atomic E-state index is 15.1. The molecule has 4 aliphatic rings. The highest BCUT2D eigenvalue weighted by Gasteiger charge is 2.52. The van der Waals surface area contributed by atoms with Crippen LogP contribution in [0, 0.1) is 34.7 Å². The number of carbonyl (C=O) groups is 5. The maximum Gasteiger partial charge on any atom is 0.431 e. The second kappa shape index (κ2) is 18.0. The Kier molecular flexibility index (Phi) is 14.2. The molecule has 3 heterocycles. The number of nitrogens with two attached hydrogens (primary N) is 1. The Bertz CT molecular complexity index is 1800. The molecule has 1 saturated heterocycles. The molecule has 0 aromatic heterocycles. The van der Waals surface area contributed by atoms with Gasteiger partial charge < -0.3 is 20.9 Å². The molecule has 0 spiro atoms. The molecule has 5 unspecified atom stereocenters. The molecule has 20 heteroatoms. The van der Waals surface area contributed by atoms with E-state index >= 15 is 4.39 Å². The van der Waals surface area contributed by atoms with Gasteiger partial charge in [0.2, 0.25) is 30.3 Å². The van der Waals surface area contributed by atoms with Crippen LogP contribution in [0.1, 0.15) is 78.2 Å². The van der Waals surface area contributed by atoms with Gasteiger partial charge in [0.25, 0.3) is 0 Å². The molecule has 13 nitrogen and oxygen atoms in total. The van der Waals surface area contributed by atoms with Crippen LogP contribution in [0.4, 0.5) is 26.3 Å². The van der Waals surface area contributed by atoms with E-state index in [1.165, 1.54) is 4.90 Å². The lowest BCUT2D eigenvalue weighted by atomic mass is 9.75. The zero-order valence-electron chi connectivity index (χ0n) is 31.8. The third-order valence-corrected chi connectivity index (χ3v) is 11.0. The molecule has 2 fully saturated rings. The number of hydrogen-bond acceptors (Lipinski definition) is 9. The fourth-order valence-electron chi connectivity index (χ4n) is 7.72. The normalized spacial score (nSPS) is 21.6. The number of halogens is 7. The number of carbonyl (C=O) groups excluding carboxylic acids is 5. The van der Waals surface area contributed by atoms with Crippen molar-refractivity contribution in [2.24, 2.45) is 33.2 Å². The van der Waals surface area contributed by atoms with Crippen LogP contribution >= 0.6 is 12.4 Å². The minimum atomic E-state index is -4.77. The van der Waals surface area contributed by atoms with Crippen LogP contribution in [0.5, 0.6) is 0 Å². The number of azo groups is 1. The van der Waals surface area contributed by atoms with Gasteiger partial charge in [-0.25, -0.2) is 13.2 Å². The minimum Gasteiger partial charge on any atom is -0.343 e. The number of amides is 4. The number of likely N-dealkylation sites (tertiary alicyclic amines) is 1. The van der Waals surface area contributed by atoms with E-state index in [0.29, 0.717) is 42.7 Å². The molecular weight excluding hydrogens is 786 g/mol. The van der Waals surface area contributed by atoms with Crippen molar-refractivity contribution in [2.45, 2.75) is 116 Å². The lowest BCUT2D eigenvalue weighted by Crippen LogP contribution is -2.60. The summed E-state index contributed by atoms with van der Waals surface area (Å²) in [5.41, 5.74) is 4.41. The third-order valence-electron chi connectivity index (χ3n) is 11.0. The highest BCUT2D eigenvalue weighted by atomic mass is 35.5. The predicted molar refractivity (Wildman–Crippen MR) is 194 cm³/mol. The first-order valence-electron chi connectivity index (χ1n) is 18.6. The molecule has 4 amide bonds. The third kappa shape index (κ3) is 9.29. The Morgan fingerprint density at radius 1 is 1.00 bits per heavy atom. The van der Waals surface area contributed by atoms with Gasteiger partial charge in [0.1, 0.15) is 23.4 Å². The minimum absolute atomic E-state index is 0. The highest BCUT2D eigenvalue weighted by molar-refractivity contribution is 6.09. The van der Waals surface area contributed by atoms with Gasteiger partial charge >= 0.3 is 6.18 Å². The molecular formula is C37H47ClF6N8O5. The monoisotopic (exact) mass is 832 g/mol. The van der Waals surface area contributed by atoms with Gasteiger partial charge in [-0.05, 0) is 55.6 Å². The van der Waals surface area contributed by atoms with Crippen LogP contribution in [0.25, 0.3) is 0 Å². The summed E-state index contributed by atoms with van der Waals surface area (Å²) in [5, 5.41) is 9.55.